The zero-order chi connectivity index (χ0) is 30.1. The second-order valence-corrected chi connectivity index (χ2v) is 10.3. The molecule has 1 amide bonds. The third-order valence-corrected chi connectivity index (χ3v) is 6.79. The van der Waals surface area contributed by atoms with E-state index in [9.17, 15) is 9.59 Å². The number of ether oxygens (including phenoxy) is 3. The van der Waals surface area contributed by atoms with E-state index in [1.165, 1.54) is 0 Å². The van der Waals surface area contributed by atoms with Crippen LogP contribution in [0.1, 0.15) is 24.7 Å². The monoisotopic (exact) mass is 576 g/mol. The minimum atomic E-state index is -0.412. The minimum Gasteiger partial charge on any atom is -0.482 e. The van der Waals surface area contributed by atoms with Crippen molar-refractivity contribution in [2.75, 3.05) is 59.8 Å². The predicted molar refractivity (Wildman–Crippen MR) is 162 cm³/mol. The van der Waals surface area contributed by atoms with Crippen LogP contribution in [0, 0.1) is 0 Å². The van der Waals surface area contributed by atoms with Crippen LogP contribution >= 0.6 is 0 Å². The second kappa shape index (κ2) is 14.6. The molecule has 2 aromatic carbocycles. The number of para-hydroxylation sites is 1. The van der Waals surface area contributed by atoms with Gasteiger partial charge < -0.3 is 34.3 Å². The summed E-state index contributed by atoms with van der Waals surface area (Å²) in [5.41, 5.74) is 9.75. The molecule has 2 N–H and O–H groups in total. The van der Waals surface area contributed by atoms with Crippen LogP contribution in [-0.2, 0) is 38.6 Å². The lowest BCUT2D eigenvalue weighted by atomic mass is 10.1. The molecule has 11 heteroatoms. The van der Waals surface area contributed by atoms with Crippen molar-refractivity contribution in [3.8, 4) is 5.75 Å². The van der Waals surface area contributed by atoms with Gasteiger partial charge in [-0.05, 0) is 51.2 Å². The van der Waals surface area contributed by atoms with Crippen LogP contribution in [0.15, 0.2) is 48.5 Å². The van der Waals surface area contributed by atoms with Gasteiger partial charge in [0.25, 0.3) is 0 Å². The molecular weight excluding hydrogens is 536 g/mol. The van der Waals surface area contributed by atoms with E-state index in [4.69, 9.17) is 24.9 Å². The highest BCUT2D eigenvalue weighted by Gasteiger charge is 2.19. The topological polar surface area (TPSA) is 125 Å². The van der Waals surface area contributed by atoms with Crippen molar-refractivity contribution in [2.24, 2.45) is 0 Å². The van der Waals surface area contributed by atoms with Gasteiger partial charge in [0.15, 0.2) is 12.4 Å². The Hall–Kier alpha value is -4.22. The largest absolute Gasteiger partial charge is 0.482 e. The van der Waals surface area contributed by atoms with Crippen molar-refractivity contribution in [1.82, 2.24) is 24.3 Å². The highest BCUT2D eigenvalue weighted by molar-refractivity contribution is 6.06. The summed E-state index contributed by atoms with van der Waals surface area (Å²) in [7, 11) is 5.44. The van der Waals surface area contributed by atoms with Crippen LogP contribution in [0.25, 0.3) is 21.9 Å². The van der Waals surface area contributed by atoms with E-state index in [2.05, 4.69) is 9.55 Å². The Labute approximate surface area is 246 Å². The molecule has 2 aromatic heterocycles. The minimum absolute atomic E-state index is 0.0385. The second-order valence-electron chi connectivity index (χ2n) is 10.3. The summed E-state index contributed by atoms with van der Waals surface area (Å²) in [4.78, 5) is 38.0. The molecule has 4 rings (SSSR count). The Balaban J connectivity index is 1.52. The molecule has 2 heterocycles. The number of likely N-dealkylation sites (N-methyl/N-ethyl adjacent to an activating group) is 1. The van der Waals surface area contributed by atoms with Gasteiger partial charge in [-0.15, -0.1) is 0 Å². The van der Waals surface area contributed by atoms with Crippen molar-refractivity contribution < 1.29 is 23.8 Å². The molecular formula is C31H40N6O5. The van der Waals surface area contributed by atoms with Crippen molar-refractivity contribution in [2.45, 2.75) is 32.9 Å². The van der Waals surface area contributed by atoms with Gasteiger partial charge >= 0.3 is 5.97 Å². The third kappa shape index (κ3) is 7.74. The van der Waals surface area contributed by atoms with E-state index in [1.54, 1.807) is 26.2 Å². The number of anilines is 1. The van der Waals surface area contributed by atoms with Gasteiger partial charge in [-0.3, -0.25) is 4.79 Å². The molecule has 224 valence electrons. The number of aryl methyl sites for hydroxylation is 1. The van der Waals surface area contributed by atoms with E-state index >= 15 is 0 Å². The highest BCUT2D eigenvalue weighted by atomic mass is 16.6. The number of hydrogen-bond donors (Lipinski definition) is 1. The van der Waals surface area contributed by atoms with Crippen LogP contribution in [0.4, 0.5) is 5.82 Å². The fraction of sp³-hybridized carbons (Fsp3) is 0.419. The van der Waals surface area contributed by atoms with Crippen molar-refractivity contribution >= 4 is 39.6 Å². The molecule has 0 aliphatic heterocycles. The number of benzene rings is 2. The maximum Gasteiger partial charge on any atom is 0.344 e. The zero-order valence-corrected chi connectivity index (χ0v) is 24.8. The molecule has 0 bridgehead atoms. The van der Waals surface area contributed by atoms with Crippen molar-refractivity contribution in [3.05, 3.63) is 59.9 Å². The van der Waals surface area contributed by atoms with Crippen molar-refractivity contribution in [3.63, 3.8) is 0 Å². The number of pyridine rings is 1. The summed E-state index contributed by atoms with van der Waals surface area (Å²) in [6.45, 7) is 4.40. The first-order chi connectivity index (χ1) is 20.3. The number of nitrogens with zero attached hydrogens (tertiary/aromatic N) is 5. The van der Waals surface area contributed by atoms with Gasteiger partial charge in [-0.25, -0.2) is 14.8 Å². The molecule has 0 spiro atoms. The van der Waals surface area contributed by atoms with Gasteiger partial charge in [0.2, 0.25) is 5.91 Å². The maximum absolute atomic E-state index is 13.2. The van der Waals surface area contributed by atoms with Crippen LogP contribution in [0.5, 0.6) is 5.75 Å². The van der Waals surface area contributed by atoms with Gasteiger partial charge in [-0.1, -0.05) is 30.3 Å². The normalized spacial score (nSPS) is 11.4. The number of carbonyl (C=O) groups is 2. The standard InChI is InChI=1S/C31H40N6O5/c1-5-41-28(39)21-42-23-13-11-22(12-14-23)19-36(27(38)20-35(2)3)16-8-17-37-26(15-18-40-4)34-29-30(37)24-9-6-7-10-25(24)33-31(29)32/h6-7,9-14H,5,8,15-21H2,1-4H3,(H2,32,33). The molecule has 0 aliphatic rings. The smallest absolute Gasteiger partial charge is 0.344 e. The van der Waals surface area contributed by atoms with Crippen LogP contribution in [0.3, 0.4) is 0 Å². The summed E-state index contributed by atoms with van der Waals surface area (Å²) in [5.74, 6) is 1.47. The molecule has 42 heavy (non-hydrogen) atoms. The highest BCUT2D eigenvalue weighted by Crippen LogP contribution is 2.29. The molecule has 0 saturated heterocycles. The number of esters is 1. The zero-order valence-electron chi connectivity index (χ0n) is 24.8. The van der Waals surface area contributed by atoms with E-state index in [0.717, 1.165) is 27.8 Å². The number of methoxy groups -OCH3 is 1. The first-order valence-corrected chi connectivity index (χ1v) is 14.1. The fourth-order valence-corrected chi connectivity index (χ4v) is 4.87. The number of nitrogens with two attached hydrogens (primary N) is 1. The van der Waals surface area contributed by atoms with E-state index < -0.39 is 5.97 Å². The molecule has 0 unspecified atom stereocenters. The number of hydrogen-bond acceptors (Lipinski definition) is 9. The molecule has 11 nitrogen and oxygen atoms in total. The molecule has 0 saturated carbocycles. The van der Waals surface area contributed by atoms with Crippen LogP contribution in [0.2, 0.25) is 0 Å². The molecule has 4 aromatic rings. The number of nitrogen functional groups attached to an aromatic ring is 1. The lowest BCUT2D eigenvalue weighted by molar-refractivity contribution is -0.145. The van der Waals surface area contributed by atoms with Crippen LogP contribution < -0.4 is 10.5 Å². The number of amides is 1. The Morgan fingerprint density at radius 1 is 1.05 bits per heavy atom. The molecule has 0 aliphatic carbocycles. The van der Waals surface area contributed by atoms with Gasteiger partial charge in [0, 0.05) is 38.6 Å². The van der Waals surface area contributed by atoms with E-state index in [0.29, 0.717) is 69.3 Å². The number of aromatic nitrogens is 3. The Kier molecular flexibility index (Phi) is 10.7. The number of rotatable bonds is 15. The maximum atomic E-state index is 13.2. The van der Waals surface area contributed by atoms with Gasteiger partial charge in [-0.2, -0.15) is 0 Å². The van der Waals surface area contributed by atoms with Gasteiger partial charge in [0.1, 0.15) is 17.1 Å². The first kappa shape index (κ1) is 30.7. The van der Waals surface area contributed by atoms with E-state index in [-0.39, 0.29) is 12.5 Å². The van der Waals surface area contributed by atoms with Crippen LogP contribution in [-0.4, -0.2) is 90.3 Å². The summed E-state index contributed by atoms with van der Waals surface area (Å²) in [6, 6.07) is 15.3. The van der Waals surface area contributed by atoms with E-state index in [1.807, 2.05) is 60.3 Å². The Bertz CT molecular complexity index is 1500. The number of carbonyl (C=O) groups excluding carboxylic acids is 2. The average Bonchev–Trinajstić information content (AvgIpc) is 3.34. The molecule has 0 radical (unpaired) electrons. The lowest BCUT2D eigenvalue weighted by Crippen LogP contribution is -2.38. The summed E-state index contributed by atoms with van der Waals surface area (Å²) in [5, 5.41) is 0.990. The number of fused-ring (bicyclic) bond motifs is 3. The van der Waals surface area contributed by atoms with Gasteiger partial charge in [0.05, 0.1) is 30.8 Å². The number of imidazole rings is 1. The Morgan fingerprint density at radius 3 is 2.52 bits per heavy atom. The lowest BCUT2D eigenvalue weighted by Gasteiger charge is -2.25. The summed E-state index contributed by atoms with van der Waals surface area (Å²) in [6.07, 6.45) is 1.34. The Morgan fingerprint density at radius 2 is 1.81 bits per heavy atom. The molecule has 0 fully saturated rings. The molecule has 0 atom stereocenters. The fourth-order valence-electron chi connectivity index (χ4n) is 4.87. The van der Waals surface area contributed by atoms with Crippen molar-refractivity contribution in [1.29, 1.82) is 0 Å². The summed E-state index contributed by atoms with van der Waals surface area (Å²) >= 11 is 0. The third-order valence-electron chi connectivity index (χ3n) is 6.79. The summed E-state index contributed by atoms with van der Waals surface area (Å²) < 4.78 is 18.0. The SMILES string of the molecule is CCOC(=O)COc1ccc(CN(CCCn2c(CCOC)nc3c(N)nc4ccccc4c32)C(=O)CN(C)C)cc1. The predicted octanol–water partition coefficient (Wildman–Crippen LogP) is 3.28. The quantitative estimate of drug-likeness (QED) is 0.212. The first-order valence-electron chi connectivity index (χ1n) is 14.1. The average molecular weight is 577 g/mol.